The summed E-state index contributed by atoms with van der Waals surface area (Å²) in [6, 6.07) is 0. The summed E-state index contributed by atoms with van der Waals surface area (Å²) in [6.45, 7) is 3.02. The molecule has 0 radical (unpaired) electrons. The van der Waals surface area contributed by atoms with E-state index in [1.54, 1.807) is 0 Å². The van der Waals surface area contributed by atoms with Crippen LogP contribution in [-0.4, -0.2) is 51.7 Å². The molecule has 0 saturated heterocycles. The van der Waals surface area contributed by atoms with Crippen molar-refractivity contribution in [2.75, 3.05) is 0 Å². The van der Waals surface area contributed by atoms with Gasteiger partial charge in [0.15, 0.2) is 0 Å². The average Bonchev–Trinajstić information content (AvgIpc) is 1.84. The monoisotopic (exact) mass is 184 g/mol. The summed E-state index contributed by atoms with van der Waals surface area (Å²) in [5.41, 5.74) is -0.932. The van der Waals surface area contributed by atoms with Crippen molar-refractivity contribution in [1.29, 1.82) is 0 Å². The second kappa shape index (κ2) is 5.56. The van der Waals surface area contributed by atoms with Crippen LogP contribution >= 0.6 is 0 Å². The molecule has 0 rings (SSSR count). The van der Waals surface area contributed by atoms with E-state index in [1.807, 2.05) is 0 Å². The summed E-state index contributed by atoms with van der Waals surface area (Å²) in [5, 5.41) is 16.8. The van der Waals surface area contributed by atoms with Gasteiger partial charge < -0.3 is 10.2 Å². The molecule has 0 fully saturated rings. The number of carbonyl (C=O) groups is 2. The number of carboxylic acid groups (broad SMARTS) is 2. The predicted molar refractivity (Wildman–Crippen MR) is 45.4 cm³/mol. The van der Waals surface area contributed by atoms with Gasteiger partial charge in [-0.05, 0) is 20.3 Å². The summed E-state index contributed by atoms with van der Waals surface area (Å²) in [6.07, 6.45) is 0.0664. The molecule has 0 heterocycles. The quantitative estimate of drug-likeness (QED) is 0.617. The molecule has 12 heavy (non-hydrogen) atoms. The van der Waals surface area contributed by atoms with Crippen LogP contribution in [0.25, 0.3) is 0 Å². The number of hydrogen-bond acceptors (Lipinski definition) is 2. The van der Waals surface area contributed by atoms with Gasteiger partial charge in [0.05, 0.1) is 5.41 Å². The van der Waals surface area contributed by atoms with E-state index in [9.17, 15) is 9.59 Å². The Morgan fingerprint density at radius 2 is 1.67 bits per heavy atom. The molecule has 0 atom stereocenters. The first kappa shape index (κ1) is 14.5. The summed E-state index contributed by atoms with van der Waals surface area (Å²) in [7, 11) is 0. The Morgan fingerprint density at radius 3 is 1.92 bits per heavy atom. The zero-order valence-electron chi connectivity index (χ0n) is 6.63. The number of rotatable bonds is 4. The first-order chi connectivity index (χ1) is 4.86. The third-order valence-corrected chi connectivity index (χ3v) is 1.54. The molecule has 2 N–H and O–H groups in total. The molecule has 0 bridgehead atoms. The molecule has 0 aliphatic heterocycles. The van der Waals surface area contributed by atoms with Crippen molar-refractivity contribution in [2.24, 2.45) is 5.41 Å². The molecule has 0 aliphatic rings. The van der Waals surface area contributed by atoms with E-state index in [-0.39, 0.29) is 42.4 Å². The van der Waals surface area contributed by atoms with Crippen LogP contribution in [0.3, 0.4) is 0 Å². The Hall–Kier alpha value is -0.0600. The van der Waals surface area contributed by atoms with Gasteiger partial charge in [-0.15, -0.1) is 0 Å². The Morgan fingerprint density at radius 1 is 1.25 bits per heavy atom. The Labute approximate surface area is 93.3 Å². The van der Waals surface area contributed by atoms with E-state index in [2.05, 4.69) is 0 Å². The first-order valence-electron chi connectivity index (χ1n) is 3.31. The molecule has 0 saturated carbocycles. The third-order valence-electron chi connectivity index (χ3n) is 1.54. The van der Waals surface area contributed by atoms with Crippen molar-refractivity contribution < 1.29 is 19.8 Å². The molecule has 5 heteroatoms. The summed E-state index contributed by atoms with van der Waals surface area (Å²) in [4.78, 5) is 20.5. The summed E-state index contributed by atoms with van der Waals surface area (Å²) >= 11 is 0. The van der Waals surface area contributed by atoms with E-state index < -0.39 is 17.4 Å². The van der Waals surface area contributed by atoms with Gasteiger partial charge in [0.25, 0.3) is 0 Å². The fraction of sp³-hybridized carbons (Fsp3) is 0.714. The van der Waals surface area contributed by atoms with E-state index in [4.69, 9.17) is 10.2 Å². The maximum atomic E-state index is 10.4. The van der Waals surface area contributed by atoms with E-state index in [0.29, 0.717) is 0 Å². The first-order valence-corrected chi connectivity index (χ1v) is 3.31. The SMILES string of the molecule is CC(C)(CCC(=O)O)C(=O)O.[NaH]. The van der Waals surface area contributed by atoms with Crippen molar-refractivity contribution in [3.63, 3.8) is 0 Å². The number of carboxylic acids is 2. The molecule has 4 nitrogen and oxygen atoms in total. The van der Waals surface area contributed by atoms with Crippen LogP contribution in [-0.2, 0) is 9.59 Å². The zero-order chi connectivity index (χ0) is 9.07. The fourth-order valence-electron chi connectivity index (χ4n) is 0.526. The Balaban J connectivity index is 0. The number of hydrogen-bond donors (Lipinski definition) is 2. The summed E-state index contributed by atoms with van der Waals surface area (Å²) < 4.78 is 0. The molecule has 0 amide bonds. The van der Waals surface area contributed by atoms with Crippen LogP contribution in [0.1, 0.15) is 26.7 Å². The van der Waals surface area contributed by atoms with E-state index in [1.165, 1.54) is 13.8 Å². The minimum atomic E-state index is -0.959. The number of aliphatic carboxylic acids is 2. The second-order valence-electron chi connectivity index (χ2n) is 3.08. The minimum absolute atomic E-state index is 0. The van der Waals surface area contributed by atoms with Gasteiger partial charge in [0.1, 0.15) is 0 Å². The van der Waals surface area contributed by atoms with Gasteiger partial charge in [-0.3, -0.25) is 9.59 Å². The van der Waals surface area contributed by atoms with Crippen molar-refractivity contribution in [2.45, 2.75) is 26.7 Å². The molecule has 66 valence electrons. The van der Waals surface area contributed by atoms with E-state index >= 15 is 0 Å². The van der Waals surface area contributed by atoms with Gasteiger partial charge in [-0.1, -0.05) is 0 Å². The normalized spacial score (nSPS) is 10.2. The maximum absolute atomic E-state index is 10.4. The standard InChI is InChI=1S/C7H12O4.Na.H/c1-7(2,6(10)11)4-3-5(8)9;;/h3-4H2,1-2H3,(H,8,9)(H,10,11);;. The molecule has 0 aliphatic carbocycles. The van der Waals surface area contributed by atoms with Crippen molar-refractivity contribution in [1.82, 2.24) is 0 Å². The van der Waals surface area contributed by atoms with Gasteiger partial charge in [0, 0.05) is 6.42 Å². The predicted octanol–water partition coefficient (Wildman–Crippen LogP) is 0.313. The molecule has 0 unspecified atom stereocenters. The third kappa shape index (κ3) is 5.57. The van der Waals surface area contributed by atoms with Crippen molar-refractivity contribution in [3.05, 3.63) is 0 Å². The van der Waals surface area contributed by atoms with Gasteiger partial charge in [-0.25, -0.2) is 0 Å². The molecule has 0 aromatic heterocycles. The molecule has 0 aromatic rings. The zero-order valence-corrected chi connectivity index (χ0v) is 6.63. The Kier molecular flexibility index (Phi) is 6.70. The second-order valence-corrected chi connectivity index (χ2v) is 3.08. The van der Waals surface area contributed by atoms with Gasteiger partial charge in [-0.2, -0.15) is 0 Å². The molecule has 0 spiro atoms. The van der Waals surface area contributed by atoms with Crippen molar-refractivity contribution >= 4 is 41.5 Å². The van der Waals surface area contributed by atoms with Crippen LogP contribution in [0.15, 0.2) is 0 Å². The molecule has 0 aromatic carbocycles. The summed E-state index contributed by atoms with van der Waals surface area (Å²) in [5.74, 6) is -1.92. The van der Waals surface area contributed by atoms with Crippen LogP contribution in [0, 0.1) is 5.41 Å². The van der Waals surface area contributed by atoms with E-state index in [0.717, 1.165) is 0 Å². The van der Waals surface area contributed by atoms with Gasteiger partial charge >= 0.3 is 41.5 Å². The topological polar surface area (TPSA) is 74.6 Å². The molecular weight excluding hydrogens is 171 g/mol. The Bertz CT molecular complexity index is 176. The van der Waals surface area contributed by atoms with Crippen LogP contribution in [0.5, 0.6) is 0 Å². The van der Waals surface area contributed by atoms with Crippen LogP contribution in [0.2, 0.25) is 0 Å². The fourth-order valence-corrected chi connectivity index (χ4v) is 0.526. The van der Waals surface area contributed by atoms with Crippen LogP contribution < -0.4 is 0 Å². The molecular formula is C7H13NaO4. The van der Waals surface area contributed by atoms with Crippen molar-refractivity contribution in [3.8, 4) is 0 Å². The average molecular weight is 184 g/mol. The van der Waals surface area contributed by atoms with Gasteiger partial charge in [0.2, 0.25) is 0 Å². The van der Waals surface area contributed by atoms with Crippen LogP contribution in [0.4, 0.5) is 0 Å².